The van der Waals surface area contributed by atoms with E-state index in [9.17, 15) is 4.79 Å². The highest BCUT2D eigenvalue weighted by Crippen LogP contribution is 2.27. The molecule has 0 unspecified atom stereocenters. The lowest BCUT2D eigenvalue weighted by molar-refractivity contribution is -0.119. The predicted molar refractivity (Wildman–Crippen MR) is 105 cm³/mol. The van der Waals surface area contributed by atoms with E-state index in [0.29, 0.717) is 22.9 Å². The second-order valence-electron chi connectivity index (χ2n) is 8.04. The van der Waals surface area contributed by atoms with Crippen molar-refractivity contribution in [3.05, 3.63) is 5.82 Å². The van der Waals surface area contributed by atoms with Gasteiger partial charge in [0.1, 0.15) is 0 Å². The molecule has 3 N–H and O–H groups in total. The van der Waals surface area contributed by atoms with Gasteiger partial charge in [-0.05, 0) is 31.1 Å². The van der Waals surface area contributed by atoms with Gasteiger partial charge in [-0.3, -0.25) is 4.79 Å². The molecule has 6 nitrogen and oxygen atoms in total. The summed E-state index contributed by atoms with van der Waals surface area (Å²) in [5, 5.41) is 12.2. The van der Waals surface area contributed by atoms with Gasteiger partial charge >= 0.3 is 0 Å². The van der Waals surface area contributed by atoms with Crippen LogP contribution in [0.4, 0.5) is 0 Å². The van der Waals surface area contributed by atoms with Gasteiger partial charge in [-0.25, -0.2) is 4.68 Å². The number of carbonyl (C=O) groups excluding carboxylic acids is 1. The van der Waals surface area contributed by atoms with Gasteiger partial charge in [-0.1, -0.05) is 63.6 Å². The molecule has 146 valence electrons. The fourth-order valence-corrected chi connectivity index (χ4v) is 4.98. The number of nitrogens with two attached hydrogens (primary N) is 1. The van der Waals surface area contributed by atoms with E-state index in [1.807, 2.05) is 0 Å². The molecule has 0 saturated heterocycles. The average molecular weight is 380 g/mol. The molecule has 3 rings (SSSR count). The van der Waals surface area contributed by atoms with Crippen LogP contribution in [0.5, 0.6) is 0 Å². The summed E-state index contributed by atoms with van der Waals surface area (Å²) in [6, 6.07) is 0.318. The van der Waals surface area contributed by atoms with Crippen molar-refractivity contribution in [2.24, 2.45) is 11.8 Å². The van der Waals surface area contributed by atoms with Crippen molar-refractivity contribution >= 4 is 17.7 Å². The number of aryl methyl sites for hydroxylation is 1. The summed E-state index contributed by atoms with van der Waals surface area (Å²) in [6.07, 6.45) is 13.6. The van der Waals surface area contributed by atoms with Crippen molar-refractivity contribution in [3.8, 4) is 0 Å². The normalized spacial score (nSPS) is 24.5. The van der Waals surface area contributed by atoms with Crippen LogP contribution in [0, 0.1) is 11.8 Å². The SMILES string of the molecule is C[C@H]1CCCC[C@@H]1NC(=O)CSc1nnc(CCC2CCCCC2)n1N. The Bertz CT molecular complexity index is 584. The molecule has 1 aromatic rings. The van der Waals surface area contributed by atoms with Crippen LogP contribution in [-0.2, 0) is 11.2 Å². The summed E-state index contributed by atoms with van der Waals surface area (Å²) in [4.78, 5) is 12.3. The van der Waals surface area contributed by atoms with E-state index in [1.54, 1.807) is 4.68 Å². The largest absolute Gasteiger partial charge is 0.352 e. The molecule has 0 spiro atoms. The van der Waals surface area contributed by atoms with Crippen LogP contribution >= 0.6 is 11.8 Å². The molecule has 0 aliphatic heterocycles. The van der Waals surface area contributed by atoms with Gasteiger partial charge in [0, 0.05) is 12.5 Å². The minimum absolute atomic E-state index is 0.0699. The van der Waals surface area contributed by atoms with Crippen molar-refractivity contribution in [1.82, 2.24) is 20.2 Å². The molecule has 1 heterocycles. The van der Waals surface area contributed by atoms with E-state index in [4.69, 9.17) is 5.84 Å². The molecule has 26 heavy (non-hydrogen) atoms. The van der Waals surface area contributed by atoms with Crippen LogP contribution in [0.1, 0.15) is 77.0 Å². The number of aromatic nitrogens is 3. The van der Waals surface area contributed by atoms with E-state index in [1.165, 1.54) is 63.1 Å². The fraction of sp³-hybridized carbons (Fsp3) is 0.842. The zero-order valence-electron chi connectivity index (χ0n) is 16.0. The van der Waals surface area contributed by atoms with Crippen LogP contribution in [0.2, 0.25) is 0 Å². The predicted octanol–water partition coefficient (Wildman–Crippen LogP) is 3.29. The molecule has 2 saturated carbocycles. The Morgan fingerprint density at radius 2 is 1.88 bits per heavy atom. The molecule has 1 aromatic heterocycles. The van der Waals surface area contributed by atoms with Crippen molar-refractivity contribution in [2.75, 3.05) is 11.6 Å². The van der Waals surface area contributed by atoms with Gasteiger partial charge in [0.2, 0.25) is 11.1 Å². The van der Waals surface area contributed by atoms with E-state index in [2.05, 4.69) is 22.4 Å². The Kier molecular flexibility index (Phi) is 7.23. The quantitative estimate of drug-likeness (QED) is 0.561. The number of hydrogen-bond acceptors (Lipinski definition) is 5. The number of nitrogen functional groups attached to an aromatic ring is 1. The Hall–Kier alpha value is -1.24. The average Bonchev–Trinajstić information content (AvgIpc) is 3.01. The van der Waals surface area contributed by atoms with Crippen LogP contribution in [0.15, 0.2) is 5.16 Å². The highest BCUT2D eigenvalue weighted by atomic mass is 32.2. The van der Waals surface area contributed by atoms with Gasteiger partial charge in [0.25, 0.3) is 0 Å². The third-order valence-corrected chi connectivity index (χ3v) is 6.97. The zero-order chi connectivity index (χ0) is 18.4. The highest BCUT2D eigenvalue weighted by molar-refractivity contribution is 7.99. The summed E-state index contributed by atoms with van der Waals surface area (Å²) < 4.78 is 1.57. The number of nitrogens with zero attached hydrogens (tertiary/aromatic N) is 3. The van der Waals surface area contributed by atoms with E-state index in [-0.39, 0.29) is 5.91 Å². The van der Waals surface area contributed by atoms with Crippen LogP contribution in [0.3, 0.4) is 0 Å². The first-order valence-corrected chi connectivity index (χ1v) is 11.2. The summed E-state index contributed by atoms with van der Waals surface area (Å²) in [5.41, 5.74) is 0. The monoisotopic (exact) mass is 379 g/mol. The zero-order valence-corrected chi connectivity index (χ0v) is 16.8. The lowest BCUT2D eigenvalue weighted by Gasteiger charge is -2.29. The van der Waals surface area contributed by atoms with E-state index >= 15 is 0 Å². The molecule has 2 atom stereocenters. The van der Waals surface area contributed by atoms with Crippen LogP contribution < -0.4 is 11.2 Å². The summed E-state index contributed by atoms with van der Waals surface area (Å²) in [6.45, 7) is 2.23. The number of amides is 1. The first kappa shape index (κ1) is 19.5. The molecular weight excluding hydrogens is 346 g/mol. The lowest BCUT2D eigenvalue weighted by atomic mass is 9.86. The number of nitrogens with one attached hydrogen (secondary N) is 1. The first-order chi connectivity index (χ1) is 12.6. The van der Waals surface area contributed by atoms with Gasteiger partial charge in [0.15, 0.2) is 5.82 Å². The van der Waals surface area contributed by atoms with E-state index < -0.39 is 0 Å². The number of thioether (sulfide) groups is 1. The van der Waals surface area contributed by atoms with Crippen LogP contribution in [-0.4, -0.2) is 32.6 Å². The maximum atomic E-state index is 12.3. The minimum Gasteiger partial charge on any atom is -0.352 e. The molecule has 1 amide bonds. The number of rotatable bonds is 7. The highest BCUT2D eigenvalue weighted by Gasteiger charge is 2.23. The van der Waals surface area contributed by atoms with Crippen molar-refractivity contribution in [3.63, 3.8) is 0 Å². The number of carbonyl (C=O) groups is 1. The van der Waals surface area contributed by atoms with Gasteiger partial charge in [-0.2, -0.15) is 0 Å². The van der Waals surface area contributed by atoms with E-state index in [0.717, 1.165) is 31.0 Å². The summed E-state index contributed by atoms with van der Waals surface area (Å²) >= 11 is 1.38. The Morgan fingerprint density at radius 1 is 1.15 bits per heavy atom. The van der Waals surface area contributed by atoms with Gasteiger partial charge < -0.3 is 11.2 Å². The Balaban J connectivity index is 1.43. The smallest absolute Gasteiger partial charge is 0.230 e. The van der Waals surface area contributed by atoms with Crippen LogP contribution in [0.25, 0.3) is 0 Å². The maximum Gasteiger partial charge on any atom is 0.230 e. The second kappa shape index (κ2) is 9.62. The number of hydrogen-bond donors (Lipinski definition) is 2. The fourth-order valence-electron chi connectivity index (χ4n) is 4.29. The lowest BCUT2D eigenvalue weighted by Crippen LogP contribution is -2.41. The Morgan fingerprint density at radius 3 is 2.65 bits per heavy atom. The molecule has 0 aromatic carbocycles. The van der Waals surface area contributed by atoms with Gasteiger partial charge in [-0.15, -0.1) is 10.2 Å². The molecule has 0 bridgehead atoms. The molecule has 2 aliphatic rings. The summed E-state index contributed by atoms with van der Waals surface area (Å²) in [5.74, 6) is 8.78. The molecular formula is C19H33N5OS. The second-order valence-corrected chi connectivity index (χ2v) is 8.98. The summed E-state index contributed by atoms with van der Waals surface area (Å²) in [7, 11) is 0. The molecule has 0 radical (unpaired) electrons. The maximum absolute atomic E-state index is 12.3. The third kappa shape index (κ3) is 5.38. The molecule has 7 heteroatoms. The standard InChI is InChI=1S/C19H33N5OS/c1-14-7-5-6-10-16(14)21-18(25)13-26-19-23-22-17(24(19)20)12-11-15-8-3-2-4-9-15/h14-16H,2-13,20H2,1H3,(H,21,25)/t14-,16-/m0/s1. The van der Waals surface area contributed by atoms with Crippen molar-refractivity contribution < 1.29 is 4.79 Å². The Labute approximate surface area is 161 Å². The topological polar surface area (TPSA) is 85.8 Å². The first-order valence-electron chi connectivity index (χ1n) is 10.2. The van der Waals surface area contributed by atoms with Crippen molar-refractivity contribution in [1.29, 1.82) is 0 Å². The van der Waals surface area contributed by atoms with Crippen molar-refractivity contribution in [2.45, 2.75) is 88.8 Å². The minimum atomic E-state index is 0.0699. The van der Waals surface area contributed by atoms with Gasteiger partial charge in [0.05, 0.1) is 5.75 Å². The molecule has 2 aliphatic carbocycles. The molecule has 2 fully saturated rings. The third-order valence-electron chi connectivity index (χ3n) is 6.03.